The summed E-state index contributed by atoms with van der Waals surface area (Å²) < 4.78 is 0. The highest BCUT2D eigenvalue weighted by atomic mass is 32.2. The first-order chi connectivity index (χ1) is 17.9. The molecule has 0 radical (unpaired) electrons. The van der Waals surface area contributed by atoms with Crippen LogP contribution in [0.4, 0.5) is 0 Å². The molecule has 0 atom stereocenters. The zero-order chi connectivity index (χ0) is 32.4. The molecule has 0 saturated heterocycles. The van der Waals surface area contributed by atoms with Gasteiger partial charge < -0.3 is 0 Å². The van der Waals surface area contributed by atoms with Crippen molar-refractivity contribution in [3.8, 4) is 6.07 Å². The molecule has 3 aliphatic rings. The summed E-state index contributed by atoms with van der Waals surface area (Å²) in [5.41, 5.74) is 0.500. The van der Waals surface area contributed by atoms with Crippen LogP contribution < -0.4 is 0 Å². The van der Waals surface area contributed by atoms with Gasteiger partial charge in [0.05, 0.1) is 6.07 Å². The minimum absolute atomic E-state index is 0. The molecule has 0 aromatic carbocycles. The largest absolute Gasteiger partial charge is 0.198 e. The van der Waals surface area contributed by atoms with Gasteiger partial charge in [-0.15, -0.1) is 0 Å². The quantitative estimate of drug-likeness (QED) is 0.334. The van der Waals surface area contributed by atoms with E-state index in [1.54, 1.807) is 0 Å². The maximum Gasteiger partial charge on any atom is 0.0618 e. The number of rotatable bonds is 3. The summed E-state index contributed by atoms with van der Waals surface area (Å²) in [5, 5.41) is 7.62. The summed E-state index contributed by atoms with van der Waals surface area (Å²) in [7, 11) is 0. The fourth-order valence-corrected chi connectivity index (χ4v) is 2.54. The van der Waals surface area contributed by atoms with Gasteiger partial charge in [-0.2, -0.15) is 17.0 Å². The average Bonchev–Trinajstić information content (AvgIpc) is 3.70. The smallest absolute Gasteiger partial charge is 0.0618 e. The Morgan fingerprint density at radius 1 is 0.769 bits per heavy atom. The molecule has 0 aliphatic heterocycles. The Labute approximate surface area is 259 Å². The molecule has 0 aromatic heterocycles. The first kappa shape index (κ1) is 51.6. The van der Waals surface area contributed by atoms with Gasteiger partial charge in [-0.05, 0) is 65.8 Å². The van der Waals surface area contributed by atoms with Crippen molar-refractivity contribution in [1.29, 1.82) is 5.26 Å². The second-order valence-electron chi connectivity index (χ2n) is 14.1. The minimum Gasteiger partial charge on any atom is -0.198 e. The van der Waals surface area contributed by atoms with Crippen molar-refractivity contribution in [1.82, 2.24) is 0 Å². The molecule has 3 fully saturated rings. The summed E-state index contributed by atoms with van der Waals surface area (Å²) in [6.07, 6.45) is 14.4. The van der Waals surface area contributed by atoms with Crippen LogP contribution in [-0.4, -0.2) is 12.0 Å². The van der Waals surface area contributed by atoms with Crippen LogP contribution in [-0.2, 0) is 0 Å². The Hall–Kier alpha value is -0.160. The third-order valence-corrected chi connectivity index (χ3v) is 5.48. The zero-order valence-corrected chi connectivity index (χ0v) is 32.2. The maximum atomic E-state index is 7.62. The van der Waals surface area contributed by atoms with E-state index in [1.807, 2.05) is 38.6 Å². The normalized spacial score (nSPS) is 14.6. The summed E-state index contributed by atoms with van der Waals surface area (Å²) in [5.74, 6) is 7.20. The van der Waals surface area contributed by atoms with Crippen molar-refractivity contribution in [3.05, 3.63) is 0 Å². The molecule has 0 heterocycles. The second kappa shape index (κ2) is 40.0. The Morgan fingerprint density at radius 2 is 1.03 bits per heavy atom. The molecule has 0 amide bonds. The van der Waals surface area contributed by atoms with Crippen molar-refractivity contribution in [2.45, 2.75) is 182 Å². The number of nitrogens with zero attached hydrogens (tertiary/aromatic N) is 1. The van der Waals surface area contributed by atoms with E-state index in [0.717, 1.165) is 35.5 Å². The molecule has 0 aromatic rings. The van der Waals surface area contributed by atoms with Gasteiger partial charge in [0.1, 0.15) is 0 Å². The molecule has 2 heteroatoms. The molecular formula is C37H85NS. The molecule has 244 valence electrons. The van der Waals surface area contributed by atoms with Gasteiger partial charge in [-0.25, -0.2) is 0 Å². The highest BCUT2D eigenvalue weighted by molar-refractivity contribution is 7.98. The molecule has 3 rings (SSSR count). The van der Waals surface area contributed by atoms with Gasteiger partial charge >= 0.3 is 0 Å². The van der Waals surface area contributed by atoms with E-state index in [4.69, 9.17) is 5.26 Å². The topological polar surface area (TPSA) is 23.8 Å². The van der Waals surface area contributed by atoms with E-state index < -0.39 is 0 Å². The monoisotopic (exact) mass is 576 g/mol. The summed E-state index contributed by atoms with van der Waals surface area (Å²) in [4.78, 5) is 0. The SMILES string of the molecule is CC.CC(C)(C)C.CC(C)C.CC(C)C1CC1.CC1CC1.CC1CCC1.CCC.CCC#N.CSCC(C)C.[HH]. The summed E-state index contributed by atoms with van der Waals surface area (Å²) in [6, 6.07) is 1.93. The van der Waals surface area contributed by atoms with Crippen molar-refractivity contribution >= 4 is 11.8 Å². The second-order valence-corrected chi connectivity index (χ2v) is 15.0. The van der Waals surface area contributed by atoms with E-state index in [2.05, 4.69) is 110 Å². The first-order valence-electron chi connectivity index (χ1n) is 16.8. The van der Waals surface area contributed by atoms with Crippen LogP contribution in [0.15, 0.2) is 0 Å². The van der Waals surface area contributed by atoms with E-state index in [9.17, 15) is 0 Å². The lowest BCUT2D eigenvalue weighted by molar-refractivity contribution is 0.346. The van der Waals surface area contributed by atoms with Crippen molar-refractivity contribution in [3.63, 3.8) is 0 Å². The lowest BCUT2D eigenvalue weighted by atomic mass is 9.88. The first-order valence-corrected chi connectivity index (χ1v) is 18.2. The number of nitriles is 1. The third kappa shape index (κ3) is 123. The lowest BCUT2D eigenvalue weighted by Gasteiger charge is -2.18. The Bertz CT molecular complexity index is 414. The molecular weight excluding hydrogens is 490 g/mol. The third-order valence-electron chi connectivity index (χ3n) is 4.48. The average molecular weight is 576 g/mol. The van der Waals surface area contributed by atoms with Crippen molar-refractivity contribution in [2.75, 3.05) is 12.0 Å². The van der Waals surface area contributed by atoms with Gasteiger partial charge in [-0.3, -0.25) is 0 Å². The van der Waals surface area contributed by atoms with E-state index in [-0.39, 0.29) is 1.43 Å². The fraction of sp³-hybridized carbons (Fsp3) is 0.973. The molecule has 3 saturated carbocycles. The highest BCUT2D eigenvalue weighted by Gasteiger charge is 2.23. The minimum atomic E-state index is 0. The van der Waals surface area contributed by atoms with Crippen molar-refractivity contribution < 1.29 is 1.43 Å². The van der Waals surface area contributed by atoms with Crippen LogP contribution in [0.2, 0.25) is 0 Å². The van der Waals surface area contributed by atoms with Gasteiger partial charge in [0.25, 0.3) is 0 Å². The number of hydrogen-bond donors (Lipinski definition) is 0. The van der Waals surface area contributed by atoms with E-state index in [1.165, 1.54) is 57.1 Å². The van der Waals surface area contributed by atoms with Gasteiger partial charge in [0.2, 0.25) is 0 Å². The molecule has 39 heavy (non-hydrogen) atoms. The predicted molar refractivity (Wildman–Crippen MR) is 193 cm³/mol. The van der Waals surface area contributed by atoms with E-state index >= 15 is 0 Å². The van der Waals surface area contributed by atoms with Gasteiger partial charge in [-0.1, -0.05) is 163 Å². The summed E-state index contributed by atoms with van der Waals surface area (Å²) >= 11 is 1.91. The standard InChI is InChI=1S/C6H12.C5H12S.C5H10.C5H12.C4H8.C4H10.C3H5N.C3H8.C2H6.H2/c1-5(2)6-3-4-6;1-5(2)4-6-3;1-5-3-2-4-5;1-5(2,3)4;1-4-2-3-4;1-4(2)3;1-2-3-4;1-3-2;1-2;/h5-6H,3-4H2,1-2H3;5H,4H2,1-3H3;5H,2-4H2,1H3;1-4H3;4H,2-3H2,1H3;4H,1-3H3;2H2,1H3;3H2,1-2H3;1-2H3;1H. The fourth-order valence-electron chi connectivity index (χ4n) is 1.88. The lowest BCUT2D eigenvalue weighted by Crippen LogP contribution is -2.04. The molecule has 0 unspecified atom stereocenters. The molecule has 0 N–H and O–H groups in total. The zero-order valence-electron chi connectivity index (χ0n) is 31.4. The van der Waals surface area contributed by atoms with Crippen LogP contribution in [0.1, 0.15) is 184 Å². The molecule has 0 spiro atoms. The number of thioether (sulfide) groups is 1. The number of hydrogen-bond acceptors (Lipinski definition) is 2. The van der Waals surface area contributed by atoms with E-state index in [0.29, 0.717) is 11.8 Å². The van der Waals surface area contributed by atoms with Crippen molar-refractivity contribution in [2.24, 2.45) is 40.9 Å². The highest BCUT2D eigenvalue weighted by Crippen LogP contribution is 2.35. The maximum absolute atomic E-state index is 7.62. The Morgan fingerprint density at radius 3 is 1.03 bits per heavy atom. The van der Waals surface area contributed by atoms with Crippen LogP contribution in [0.5, 0.6) is 0 Å². The van der Waals surface area contributed by atoms with Gasteiger partial charge in [0.15, 0.2) is 0 Å². The molecule has 0 bridgehead atoms. The molecule has 1 nitrogen and oxygen atoms in total. The van der Waals surface area contributed by atoms with Crippen LogP contribution in [0, 0.1) is 52.3 Å². The predicted octanol–water partition coefficient (Wildman–Crippen LogP) is 14.6. The van der Waals surface area contributed by atoms with Crippen LogP contribution >= 0.6 is 11.8 Å². The molecule has 3 aliphatic carbocycles. The van der Waals surface area contributed by atoms with Crippen LogP contribution in [0.3, 0.4) is 0 Å². The van der Waals surface area contributed by atoms with Crippen LogP contribution in [0.25, 0.3) is 0 Å². The Balaban J connectivity index is -0.0000000620. The van der Waals surface area contributed by atoms with Gasteiger partial charge in [0, 0.05) is 7.85 Å². The summed E-state index contributed by atoms with van der Waals surface area (Å²) in [6.45, 7) is 39.0. The Kier molecular flexibility index (Phi) is 52.9.